The second-order valence-corrected chi connectivity index (χ2v) is 8.30. The molecule has 1 aromatic heterocycles. The fraction of sp³-hybridized carbons (Fsp3) is 0.231. The van der Waals surface area contributed by atoms with Gasteiger partial charge in [-0.1, -0.05) is 35.9 Å². The standard InChI is InChI=1S/C26H27N3O2/c1-16-7-6-8-21(11-16)15-28-25(30)24(27-26(28)31)14-22-13-19(4)29(20(22)5)23-10-9-17(2)18(3)12-23/h6-14H,15H2,1-5H3,(H,27,31)/b24-14+. The molecule has 0 saturated carbocycles. The molecule has 31 heavy (non-hydrogen) atoms. The molecule has 0 spiro atoms. The van der Waals surface area contributed by atoms with Crippen LogP contribution in [0.5, 0.6) is 0 Å². The van der Waals surface area contributed by atoms with Crippen molar-refractivity contribution in [2.75, 3.05) is 0 Å². The zero-order valence-electron chi connectivity index (χ0n) is 18.6. The summed E-state index contributed by atoms with van der Waals surface area (Å²) in [6.07, 6.45) is 1.77. The van der Waals surface area contributed by atoms with E-state index in [1.54, 1.807) is 6.08 Å². The molecule has 4 rings (SSSR count). The van der Waals surface area contributed by atoms with Crippen LogP contribution in [-0.2, 0) is 11.3 Å². The molecule has 3 aromatic rings. The van der Waals surface area contributed by atoms with Crippen LogP contribution in [0.2, 0.25) is 0 Å². The summed E-state index contributed by atoms with van der Waals surface area (Å²) >= 11 is 0. The molecule has 158 valence electrons. The Morgan fingerprint density at radius 3 is 2.39 bits per heavy atom. The zero-order chi connectivity index (χ0) is 22.3. The number of benzene rings is 2. The van der Waals surface area contributed by atoms with Gasteiger partial charge in [-0.25, -0.2) is 4.79 Å². The smallest absolute Gasteiger partial charge is 0.318 e. The topological polar surface area (TPSA) is 54.3 Å². The summed E-state index contributed by atoms with van der Waals surface area (Å²) in [6, 6.07) is 15.9. The van der Waals surface area contributed by atoms with Crippen LogP contribution in [0.1, 0.15) is 39.2 Å². The van der Waals surface area contributed by atoms with Crippen LogP contribution in [-0.4, -0.2) is 21.4 Å². The number of urea groups is 1. The van der Waals surface area contributed by atoms with E-state index in [1.165, 1.54) is 16.0 Å². The lowest BCUT2D eigenvalue weighted by Gasteiger charge is -2.12. The number of hydrogen-bond acceptors (Lipinski definition) is 2. The number of amides is 3. The van der Waals surface area contributed by atoms with Crippen LogP contribution < -0.4 is 5.32 Å². The number of rotatable bonds is 4. The van der Waals surface area contributed by atoms with Gasteiger partial charge in [0.2, 0.25) is 0 Å². The Morgan fingerprint density at radius 1 is 0.903 bits per heavy atom. The number of aryl methyl sites for hydroxylation is 4. The molecule has 2 heterocycles. The first-order valence-corrected chi connectivity index (χ1v) is 10.4. The lowest BCUT2D eigenvalue weighted by molar-refractivity contribution is -0.123. The fourth-order valence-electron chi connectivity index (χ4n) is 4.06. The molecular weight excluding hydrogens is 386 g/mol. The van der Waals surface area contributed by atoms with Crippen molar-refractivity contribution in [2.24, 2.45) is 0 Å². The normalized spacial score (nSPS) is 15.1. The molecule has 2 aromatic carbocycles. The van der Waals surface area contributed by atoms with Gasteiger partial charge in [0.25, 0.3) is 5.91 Å². The van der Waals surface area contributed by atoms with Crippen molar-refractivity contribution in [1.82, 2.24) is 14.8 Å². The maximum Gasteiger partial charge on any atom is 0.329 e. The predicted octanol–water partition coefficient (Wildman–Crippen LogP) is 5.11. The summed E-state index contributed by atoms with van der Waals surface area (Å²) in [5.41, 5.74) is 8.90. The van der Waals surface area contributed by atoms with E-state index >= 15 is 0 Å². The maximum atomic E-state index is 12.9. The van der Waals surface area contributed by atoms with E-state index in [0.717, 1.165) is 33.8 Å². The van der Waals surface area contributed by atoms with Gasteiger partial charge >= 0.3 is 6.03 Å². The highest BCUT2D eigenvalue weighted by atomic mass is 16.2. The highest BCUT2D eigenvalue weighted by molar-refractivity contribution is 6.14. The van der Waals surface area contributed by atoms with Crippen molar-refractivity contribution in [3.05, 3.63) is 93.4 Å². The van der Waals surface area contributed by atoms with Crippen molar-refractivity contribution in [3.8, 4) is 5.69 Å². The van der Waals surface area contributed by atoms with E-state index in [1.807, 2.05) is 51.1 Å². The Hall–Kier alpha value is -3.60. The summed E-state index contributed by atoms with van der Waals surface area (Å²) in [6.45, 7) is 10.5. The van der Waals surface area contributed by atoms with E-state index in [9.17, 15) is 9.59 Å². The van der Waals surface area contributed by atoms with Gasteiger partial charge in [0.05, 0.1) is 6.54 Å². The first-order valence-electron chi connectivity index (χ1n) is 10.4. The largest absolute Gasteiger partial charge is 0.329 e. The lowest BCUT2D eigenvalue weighted by atomic mass is 10.1. The van der Waals surface area contributed by atoms with Crippen LogP contribution in [0.15, 0.2) is 54.2 Å². The first kappa shape index (κ1) is 20.7. The Morgan fingerprint density at radius 2 is 1.68 bits per heavy atom. The molecule has 1 saturated heterocycles. The molecule has 3 amide bonds. The van der Waals surface area contributed by atoms with Crippen molar-refractivity contribution in [1.29, 1.82) is 0 Å². The van der Waals surface area contributed by atoms with Crippen molar-refractivity contribution < 1.29 is 9.59 Å². The summed E-state index contributed by atoms with van der Waals surface area (Å²) in [7, 11) is 0. The highest BCUT2D eigenvalue weighted by Gasteiger charge is 2.33. The average Bonchev–Trinajstić information content (AvgIpc) is 3.14. The number of carbonyl (C=O) groups excluding carboxylic acids is 2. The molecule has 1 fully saturated rings. The van der Waals surface area contributed by atoms with Gasteiger partial charge in [-0.05, 0) is 81.1 Å². The number of hydrogen-bond donors (Lipinski definition) is 1. The Balaban J connectivity index is 1.64. The highest BCUT2D eigenvalue weighted by Crippen LogP contribution is 2.25. The maximum absolute atomic E-state index is 12.9. The molecular formula is C26H27N3O2. The fourth-order valence-corrected chi connectivity index (χ4v) is 4.06. The van der Waals surface area contributed by atoms with Crippen LogP contribution in [0.3, 0.4) is 0 Å². The van der Waals surface area contributed by atoms with Crippen molar-refractivity contribution in [3.63, 3.8) is 0 Å². The van der Waals surface area contributed by atoms with E-state index < -0.39 is 0 Å². The minimum absolute atomic E-state index is 0.255. The second-order valence-electron chi connectivity index (χ2n) is 8.30. The minimum atomic E-state index is -0.388. The quantitative estimate of drug-likeness (QED) is 0.477. The average molecular weight is 414 g/mol. The molecule has 0 atom stereocenters. The molecule has 0 bridgehead atoms. The summed E-state index contributed by atoms with van der Waals surface area (Å²) in [5, 5.41) is 2.74. The number of carbonyl (C=O) groups is 2. The van der Waals surface area contributed by atoms with E-state index in [4.69, 9.17) is 0 Å². The zero-order valence-corrected chi connectivity index (χ0v) is 18.6. The third-order valence-electron chi connectivity index (χ3n) is 5.90. The predicted molar refractivity (Wildman–Crippen MR) is 123 cm³/mol. The number of nitrogens with one attached hydrogen (secondary N) is 1. The first-order chi connectivity index (χ1) is 14.7. The summed E-state index contributed by atoms with van der Waals surface area (Å²) in [4.78, 5) is 26.7. The SMILES string of the molecule is Cc1cccc(CN2C(=O)N/C(=C/c3cc(C)n(-c4ccc(C)c(C)c4)c3C)C2=O)c1. The van der Waals surface area contributed by atoms with Gasteiger partial charge in [-0.3, -0.25) is 9.69 Å². The molecule has 5 nitrogen and oxygen atoms in total. The van der Waals surface area contributed by atoms with Gasteiger partial charge in [-0.15, -0.1) is 0 Å². The van der Waals surface area contributed by atoms with Gasteiger partial charge in [0.15, 0.2) is 0 Å². The third kappa shape index (κ3) is 3.91. The monoisotopic (exact) mass is 413 g/mol. The van der Waals surface area contributed by atoms with Crippen molar-refractivity contribution in [2.45, 2.75) is 41.2 Å². The van der Waals surface area contributed by atoms with Gasteiger partial charge in [0.1, 0.15) is 5.70 Å². The molecule has 5 heteroatoms. The van der Waals surface area contributed by atoms with Crippen molar-refractivity contribution >= 4 is 18.0 Å². The Bertz CT molecular complexity index is 1230. The molecule has 1 aliphatic rings. The van der Waals surface area contributed by atoms with Crippen LogP contribution >= 0.6 is 0 Å². The molecule has 0 unspecified atom stereocenters. The van der Waals surface area contributed by atoms with Gasteiger partial charge < -0.3 is 9.88 Å². The lowest BCUT2D eigenvalue weighted by Crippen LogP contribution is -2.30. The molecule has 0 radical (unpaired) electrons. The summed E-state index contributed by atoms with van der Waals surface area (Å²) < 4.78 is 2.17. The van der Waals surface area contributed by atoms with Gasteiger partial charge in [-0.2, -0.15) is 0 Å². The van der Waals surface area contributed by atoms with Gasteiger partial charge in [0, 0.05) is 17.1 Å². The van der Waals surface area contributed by atoms with Crippen LogP contribution in [0.25, 0.3) is 11.8 Å². The number of imide groups is 1. The Kier molecular flexibility index (Phi) is 5.27. The molecule has 0 aliphatic carbocycles. The van der Waals surface area contributed by atoms with E-state index in [2.05, 4.69) is 41.9 Å². The Labute approximate surface area is 183 Å². The molecule has 1 N–H and O–H groups in total. The summed E-state index contributed by atoms with van der Waals surface area (Å²) in [5.74, 6) is -0.303. The molecule has 1 aliphatic heterocycles. The van der Waals surface area contributed by atoms with Crippen LogP contribution in [0.4, 0.5) is 4.79 Å². The number of nitrogens with zero attached hydrogens (tertiary/aromatic N) is 2. The number of aromatic nitrogens is 1. The van der Waals surface area contributed by atoms with E-state index in [-0.39, 0.29) is 18.5 Å². The van der Waals surface area contributed by atoms with Crippen LogP contribution in [0, 0.1) is 34.6 Å². The minimum Gasteiger partial charge on any atom is -0.318 e. The van der Waals surface area contributed by atoms with E-state index in [0.29, 0.717) is 5.70 Å². The third-order valence-corrected chi connectivity index (χ3v) is 5.90. The second kappa shape index (κ2) is 7.91.